The Balaban J connectivity index is 2.63. The molecule has 1 heterocycles. The molecule has 0 spiro atoms. The lowest BCUT2D eigenvalue weighted by molar-refractivity contribution is -0.140. The number of para-hydroxylation sites is 1. The number of rotatable bonds is 5. The number of hydrogen-bond acceptors (Lipinski definition) is 2. The van der Waals surface area contributed by atoms with Gasteiger partial charge in [0, 0.05) is 7.05 Å². The Morgan fingerprint density at radius 2 is 1.81 bits per heavy atom. The van der Waals surface area contributed by atoms with Crippen molar-refractivity contribution in [1.29, 1.82) is 0 Å². The molecular formula is C19H23F4N3O. The van der Waals surface area contributed by atoms with E-state index in [0.29, 0.717) is 15.1 Å². The van der Waals surface area contributed by atoms with Crippen LogP contribution in [0.5, 0.6) is 0 Å². The Bertz CT molecular complexity index is 821. The number of nitrogens with zero attached hydrogens (tertiary/aromatic N) is 3. The van der Waals surface area contributed by atoms with Crippen molar-refractivity contribution in [2.45, 2.75) is 46.2 Å². The topological polar surface area (TPSA) is 38.1 Å². The summed E-state index contributed by atoms with van der Waals surface area (Å²) in [6, 6.07) is 6.59. The number of amides is 1. The molecule has 0 fully saturated rings. The number of aromatic nitrogens is 2. The summed E-state index contributed by atoms with van der Waals surface area (Å²) in [6.07, 6.45) is -3.97. The predicted molar refractivity (Wildman–Crippen MR) is 95.3 cm³/mol. The van der Waals surface area contributed by atoms with E-state index in [2.05, 4.69) is 5.10 Å². The number of alkyl halides is 3. The van der Waals surface area contributed by atoms with E-state index in [9.17, 15) is 22.4 Å². The molecular weight excluding hydrogens is 362 g/mol. The molecule has 1 aromatic heterocycles. The SMILES string of the molecule is CC(CC(C)(C)C)c1ccccc1N(C=O)c1c(C(F)(F)F)nn(C)c1F. The maximum Gasteiger partial charge on any atom is 0.437 e. The molecule has 0 aliphatic rings. The fourth-order valence-corrected chi connectivity index (χ4v) is 3.28. The summed E-state index contributed by atoms with van der Waals surface area (Å²) in [4.78, 5) is 12.5. The molecule has 0 bridgehead atoms. The molecule has 1 aromatic carbocycles. The van der Waals surface area contributed by atoms with Crippen molar-refractivity contribution in [2.75, 3.05) is 4.90 Å². The number of carbonyl (C=O) groups excluding carboxylic acids is 1. The van der Waals surface area contributed by atoms with Crippen molar-refractivity contribution in [3.8, 4) is 0 Å². The summed E-state index contributed by atoms with van der Waals surface area (Å²) in [5.41, 5.74) is -1.49. The fraction of sp³-hybridized carbons (Fsp3) is 0.474. The Labute approximate surface area is 155 Å². The Morgan fingerprint density at radius 3 is 2.33 bits per heavy atom. The molecule has 4 nitrogen and oxygen atoms in total. The highest BCUT2D eigenvalue weighted by atomic mass is 19.4. The average Bonchev–Trinajstić information content (AvgIpc) is 2.83. The van der Waals surface area contributed by atoms with Crippen molar-refractivity contribution < 1.29 is 22.4 Å². The van der Waals surface area contributed by atoms with Crippen LogP contribution in [0.4, 0.5) is 28.9 Å². The quantitative estimate of drug-likeness (QED) is 0.510. The number of hydrogen-bond donors (Lipinski definition) is 0. The van der Waals surface area contributed by atoms with Gasteiger partial charge >= 0.3 is 6.18 Å². The molecule has 0 saturated carbocycles. The van der Waals surface area contributed by atoms with Crippen molar-refractivity contribution in [3.63, 3.8) is 0 Å². The standard InChI is InChI=1S/C19H23F4N3O/c1-12(10-18(2,3)4)13-8-6-7-9-14(13)26(11-27)15-16(19(21,22)23)24-25(5)17(15)20/h6-9,11-12H,10H2,1-5H3. The second-order valence-electron chi connectivity index (χ2n) is 7.81. The number of aryl methyl sites for hydroxylation is 1. The van der Waals surface area contributed by atoms with E-state index < -0.39 is 23.5 Å². The number of halogens is 4. The van der Waals surface area contributed by atoms with Gasteiger partial charge in [0.2, 0.25) is 12.4 Å². The third-order valence-corrected chi connectivity index (χ3v) is 4.21. The molecule has 1 atom stereocenters. The Kier molecular flexibility index (Phi) is 5.68. The zero-order valence-electron chi connectivity index (χ0n) is 15.9. The van der Waals surface area contributed by atoms with E-state index in [1.165, 1.54) is 6.07 Å². The van der Waals surface area contributed by atoms with E-state index in [1.807, 2.05) is 27.7 Å². The lowest BCUT2D eigenvalue weighted by Gasteiger charge is -2.28. The maximum atomic E-state index is 14.5. The summed E-state index contributed by atoms with van der Waals surface area (Å²) in [5, 5.41) is 3.23. The van der Waals surface area contributed by atoms with Gasteiger partial charge in [0.1, 0.15) is 5.69 Å². The van der Waals surface area contributed by atoms with Crippen LogP contribution in [0.15, 0.2) is 24.3 Å². The molecule has 0 radical (unpaired) electrons. The Morgan fingerprint density at radius 1 is 1.22 bits per heavy atom. The molecule has 2 rings (SSSR count). The molecule has 0 aliphatic heterocycles. The molecule has 27 heavy (non-hydrogen) atoms. The monoisotopic (exact) mass is 385 g/mol. The molecule has 0 saturated heterocycles. The van der Waals surface area contributed by atoms with Gasteiger partial charge < -0.3 is 0 Å². The van der Waals surface area contributed by atoms with Crippen LogP contribution in [0, 0.1) is 11.4 Å². The second-order valence-corrected chi connectivity index (χ2v) is 7.81. The van der Waals surface area contributed by atoms with Crippen LogP contribution >= 0.6 is 0 Å². The molecule has 0 aliphatic carbocycles. The van der Waals surface area contributed by atoms with E-state index >= 15 is 0 Å². The van der Waals surface area contributed by atoms with Gasteiger partial charge in [-0.2, -0.15) is 22.7 Å². The average molecular weight is 385 g/mol. The molecule has 0 N–H and O–H groups in total. The zero-order chi connectivity index (χ0) is 20.6. The van der Waals surface area contributed by atoms with Gasteiger partial charge in [0.15, 0.2) is 5.69 Å². The normalized spacial score (nSPS) is 13.5. The largest absolute Gasteiger partial charge is 0.437 e. The highest BCUT2D eigenvalue weighted by Crippen LogP contribution is 2.42. The first-order valence-corrected chi connectivity index (χ1v) is 8.50. The van der Waals surface area contributed by atoms with Gasteiger partial charge in [-0.05, 0) is 29.4 Å². The first kappa shape index (κ1) is 20.9. The number of carbonyl (C=O) groups is 1. The lowest BCUT2D eigenvalue weighted by atomic mass is 9.82. The summed E-state index contributed by atoms with van der Waals surface area (Å²) >= 11 is 0. The summed E-state index contributed by atoms with van der Waals surface area (Å²) < 4.78 is 55.0. The van der Waals surface area contributed by atoms with Crippen LogP contribution in [0.3, 0.4) is 0 Å². The first-order valence-electron chi connectivity index (χ1n) is 8.50. The van der Waals surface area contributed by atoms with Crippen LogP contribution in [0.25, 0.3) is 0 Å². The van der Waals surface area contributed by atoms with Gasteiger partial charge in [-0.15, -0.1) is 0 Å². The fourth-order valence-electron chi connectivity index (χ4n) is 3.28. The zero-order valence-corrected chi connectivity index (χ0v) is 15.9. The van der Waals surface area contributed by atoms with E-state index in [1.54, 1.807) is 18.2 Å². The third-order valence-electron chi connectivity index (χ3n) is 4.21. The highest BCUT2D eigenvalue weighted by Gasteiger charge is 2.42. The predicted octanol–water partition coefficient (Wildman–Crippen LogP) is 5.41. The van der Waals surface area contributed by atoms with Crippen LogP contribution in [-0.2, 0) is 18.0 Å². The van der Waals surface area contributed by atoms with Gasteiger partial charge in [-0.3, -0.25) is 9.69 Å². The van der Waals surface area contributed by atoms with Gasteiger partial charge in [0.25, 0.3) is 0 Å². The van der Waals surface area contributed by atoms with Crippen LogP contribution in [0.2, 0.25) is 0 Å². The van der Waals surface area contributed by atoms with Gasteiger partial charge in [0.05, 0.1) is 5.69 Å². The van der Waals surface area contributed by atoms with E-state index in [4.69, 9.17) is 0 Å². The summed E-state index contributed by atoms with van der Waals surface area (Å²) in [5.74, 6) is -1.29. The van der Waals surface area contributed by atoms with Crippen molar-refractivity contribution in [2.24, 2.45) is 12.5 Å². The molecule has 2 aromatic rings. The van der Waals surface area contributed by atoms with Crippen LogP contribution in [0.1, 0.15) is 51.3 Å². The first-order chi connectivity index (χ1) is 12.4. The van der Waals surface area contributed by atoms with E-state index in [0.717, 1.165) is 13.5 Å². The second kappa shape index (κ2) is 7.32. The van der Waals surface area contributed by atoms with Crippen LogP contribution < -0.4 is 4.90 Å². The number of anilines is 2. The highest BCUT2D eigenvalue weighted by molar-refractivity contribution is 5.89. The summed E-state index contributed by atoms with van der Waals surface area (Å²) in [7, 11) is 1.06. The molecule has 148 valence electrons. The molecule has 1 amide bonds. The third kappa shape index (κ3) is 4.48. The van der Waals surface area contributed by atoms with Crippen molar-refractivity contribution >= 4 is 17.8 Å². The minimum atomic E-state index is -4.90. The summed E-state index contributed by atoms with van der Waals surface area (Å²) in [6.45, 7) is 8.07. The van der Waals surface area contributed by atoms with Crippen molar-refractivity contribution in [3.05, 3.63) is 41.5 Å². The minimum Gasteiger partial charge on any atom is -0.278 e. The van der Waals surface area contributed by atoms with E-state index in [-0.39, 0.29) is 23.4 Å². The van der Waals surface area contributed by atoms with Crippen LogP contribution in [-0.4, -0.2) is 16.2 Å². The minimum absolute atomic E-state index is 0.0325. The lowest BCUT2D eigenvalue weighted by Crippen LogP contribution is -2.22. The smallest absolute Gasteiger partial charge is 0.278 e. The van der Waals surface area contributed by atoms with Crippen molar-refractivity contribution in [1.82, 2.24) is 9.78 Å². The number of benzene rings is 1. The Hall–Kier alpha value is -2.38. The molecule has 8 heteroatoms. The molecule has 1 unspecified atom stereocenters. The van der Waals surface area contributed by atoms with Gasteiger partial charge in [-0.1, -0.05) is 45.9 Å². The van der Waals surface area contributed by atoms with Gasteiger partial charge in [-0.25, -0.2) is 4.68 Å². The maximum absolute atomic E-state index is 14.5.